The molecule has 19 heavy (non-hydrogen) atoms. The Morgan fingerprint density at radius 3 is 2.47 bits per heavy atom. The molecule has 2 heteroatoms. The Morgan fingerprint density at radius 1 is 1.05 bits per heavy atom. The van der Waals surface area contributed by atoms with Crippen molar-refractivity contribution in [3.05, 3.63) is 42.0 Å². The maximum atomic E-state index is 5.26. The molecular weight excluding hydrogens is 234 g/mol. The van der Waals surface area contributed by atoms with Gasteiger partial charge < -0.3 is 10.1 Å². The highest BCUT2D eigenvalue weighted by Gasteiger charge is 2.08. The molecule has 0 saturated heterocycles. The third-order valence-corrected chi connectivity index (χ3v) is 3.52. The quantitative estimate of drug-likeness (QED) is 0.833. The van der Waals surface area contributed by atoms with Gasteiger partial charge in [0, 0.05) is 6.04 Å². The van der Waals surface area contributed by atoms with Crippen LogP contribution < -0.4 is 10.1 Å². The lowest BCUT2D eigenvalue weighted by Crippen LogP contribution is -2.21. The van der Waals surface area contributed by atoms with E-state index < -0.39 is 0 Å². The smallest absolute Gasteiger partial charge is 0.119 e. The summed E-state index contributed by atoms with van der Waals surface area (Å²) in [5.74, 6) is 0.913. The third kappa shape index (κ3) is 3.27. The second-order valence-corrected chi connectivity index (χ2v) is 4.89. The van der Waals surface area contributed by atoms with Crippen molar-refractivity contribution in [2.75, 3.05) is 13.7 Å². The lowest BCUT2D eigenvalue weighted by atomic mass is 10.00. The maximum absolute atomic E-state index is 5.26. The van der Waals surface area contributed by atoms with Crippen LogP contribution in [0.3, 0.4) is 0 Å². The summed E-state index contributed by atoms with van der Waals surface area (Å²) >= 11 is 0. The molecular formula is C17H23NO. The van der Waals surface area contributed by atoms with Crippen molar-refractivity contribution in [2.45, 2.75) is 32.7 Å². The minimum atomic E-state index is 0.450. The molecule has 1 N–H and O–H groups in total. The van der Waals surface area contributed by atoms with Gasteiger partial charge in [-0.3, -0.25) is 0 Å². The fourth-order valence-corrected chi connectivity index (χ4v) is 2.40. The average Bonchev–Trinajstić information content (AvgIpc) is 2.47. The third-order valence-electron chi connectivity index (χ3n) is 3.52. The number of nitrogens with one attached hydrogen (secondary N) is 1. The largest absolute Gasteiger partial charge is 0.497 e. The number of hydrogen-bond donors (Lipinski definition) is 1. The molecule has 0 aliphatic rings. The number of methoxy groups -OCH3 is 1. The molecule has 2 rings (SSSR count). The summed E-state index contributed by atoms with van der Waals surface area (Å²) in [6.07, 6.45) is 2.28. The van der Waals surface area contributed by atoms with Crippen molar-refractivity contribution in [3.8, 4) is 5.75 Å². The summed E-state index contributed by atoms with van der Waals surface area (Å²) < 4.78 is 5.26. The van der Waals surface area contributed by atoms with E-state index in [4.69, 9.17) is 4.74 Å². The van der Waals surface area contributed by atoms with Crippen molar-refractivity contribution < 1.29 is 4.74 Å². The zero-order valence-corrected chi connectivity index (χ0v) is 12.1. The van der Waals surface area contributed by atoms with Crippen molar-refractivity contribution in [1.29, 1.82) is 0 Å². The van der Waals surface area contributed by atoms with Gasteiger partial charge in [-0.1, -0.05) is 32.0 Å². The van der Waals surface area contributed by atoms with Gasteiger partial charge in [-0.15, -0.1) is 0 Å². The van der Waals surface area contributed by atoms with E-state index in [1.54, 1.807) is 7.11 Å². The lowest BCUT2D eigenvalue weighted by Gasteiger charge is -2.17. The molecule has 2 nitrogen and oxygen atoms in total. The Morgan fingerprint density at radius 2 is 1.79 bits per heavy atom. The van der Waals surface area contributed by atoms with Gasteiger partial charge in [0.2, 0.25) is 0 Å². The molecule has 1 atom stereocenters. The molecule has 0 radical (unpaired) electrons. The summed E-state index contributed by atoms with van der Waals surface area (Å²) in [6, 6.07) is 13.4. The Hall–Kier alpha value is -1.54. The normalized spacial score (nSPS) is 12.6. The molecule has 2 aromatic carbocycles. The van der Waals surface area contributed by atoms with Gasteiger partial charge in [-0.05, 0) is 53.9 Å². The molecule has 0 saturated carbocycles. The van der Waals surface area contributed by atoms with Crippen molar-refractivity contribution >= 4 is 10.8 Å². The predicted molar refractivity (Wildman–Crippen MR) is 81.8 cm³/mol. The first kappa shape index (κ1) is 13.9. The predicted octanol–water partition coefficient (Wildman–Crippen LogP) is 4.30. The molecule has 0 aromatic heterocycles. The Bertz CT molecular complexity index is 536. The zero-order chi connectivity index (χ0) is 13.7. The van der Waals surface area contributed by atoms with Crippen LogP contribution in [-0.2, 0) is 0 Å². The molecule has 0 fully saturated rings. The fraction of sp³-hybridized carbons (Fsp3) is 0.412. The highest BCUT2D eigenvalue weighted by molar-refractivity contribution is 5.84. The van der Waals surface area contributed by atoms with Crippen LogP contribution in [0.2, 0.25) is 0 Å². The fourth-order valence-electron chi connectivity index (χ4n) is 2.40. The van der Waals surface area contributed by atoms with Gasteiger partial charge in [0.25, 0.3) is 0 Å². The summed E-state index contributed by atoms with van der Waals surface area (Å²) in [4.78, 5) is 0. The molecule has 2 aromatic rings. The number of ether oxygens (including phenoxy) is 1. The summed E-state index contributed by atoms with van der Waals surface area (Å²) in [5.41, 5.74) is 1.37. The van der Waals surface area contributed by atoms with Gasteiger partial charge in [0.1, 0.15) is 5.75 Å². The standard InChI is InChI=1S/C17H23NO/c1-4-10-18-17(5-2)15-7-6-14-12-16(19-3)9-8-13(14)11-15/h6-9,11-12,17-18H,4-5,10H2,1-3H3. The van der Waals surface area contributed by atoms with Gasteiger partial charge >= 0.3 is 0 Å². The summed E-state index contributed by atoms with van der Waals surface area (Å²) in [6.45, 7) is 5.50. The molecule has 0 aliphatic heterocycles. The Kier molecular flexibility index (Phi) is 4.80. The monoisotopic (exact) mass is 257 g/mol. The number of hydrogen-bond acceptors (Lipinski definition) is 2. The average molecular weight is 257 g/mol. The van der Waals surface area contributed by atoms with Crippen molar-refractivity contribution in [2.24, 2.45) is 0 Å². The molecule has 102 valence electrons. The topological polar surface area (TPSA) is 21.3 Å². The molecule has 0 spiro atoms. The zero-order valence-electron chi connectivity index (χ0n) is 12.1. The SMILES string of the molecule is CCCNC(CC)c1ccc2cc(OC)ccc2c1. The van der Waals surface area contributed by atoms with E-state index in [0.29, 0.717) is 6.04 Å². The molecule has 0 aliphatic carbocycles. The minimum absolute atomic E-state index is 0.450. The molecule has 1 unspecified atom stereocenters. The van der Waals surface area contributed by atoms with Crippen LogP contribution >= 0.6 is 0 Å². The highest BCUT2D eigenvalue weighted by Crippen LogP contribution is 2.25. The molecule has 0 amide bonds. The van der Waals surface area contributed by atoms with Crippen LogP contribution in [-0.4, -0.2) is 13.7 Å². The van der Waals surface area contributed by atoms with Gasteiger partial charge in [-0.25, -0.2) is 0 Å². The summed E-state index contributed by atoms with van der Waals surface area (Å²) in [7, 11) is 1.71. The van der Waals surface area contributed by atoms with Crippen LogP contribution in [0.5, 0.6) is 5.75 Å². The van der Waals surface area contributed by atoms with E-state index >= 15 is 0 Å². The lowest BCUT2D eigenvalue weighted by molar-refractivity contribution is 0.415. The molecule has 0 heterocycles. The van der Waals surface area contributed by atoms with E-state index in [2.05, 4.69) is 49.5 Å². The van der Waals surface area contributed by atoms with Crippen LogP contribution in [0.15, 0.2) is 36.4 Å². The number of rotatable bonds is 6. The van der Waals surface area contributed by atoms with E-state index in [1.807, 2.05) is 6.07 Å². The van der Waals surface area contributed by atoms with Crippen LogP contribution in [0.4, 0.5) is 0 Å². The van der Waals surface area contributed by atoms with Gasteiger partial charge in [-0.2, -0.15) is 0 Å². The number of fused-ring (bicyclic) bond motifs is 1. The van der Waals surface area contributed by atoms with Crippen LogP contribution in [0.25, 0.3) is 10.8 Å². The van der Waals surface area contributed by atoms with E-state index in [9.17, 15) is 0 Å². The molecule has 0 bridgehead atoms. The Labute approximate surface area is 115 Å². The van der Waals surface area contributed by atoms with Gasteiger partial charge in [0.15, 0.2) is 0 Å². The first-order chi connectivity index (χ1) is 9.28. The first-order valence-corrected chi connectivity index (χ1v) is 7.09. The summed E-state index contributed by atoms with van der Waals surface area (Å²) in [5, 5.41) is 6.10. The number of benzene rings is 2. The van der Waals surface area contributed by atoms with E-state index in [0.717, 1.165) is 18.7 Å². The maximum Gasteiger partial charge on any atom is 0.119 e. The Balaban J connectivity index is 2.29. The van der Waals surface area contributed by atoms with Crippen molar-refractivity contribution in [1.82, 2.24) is 5.32 Å². The van der Waals surface area contributed by atoms with E-state index in [1.165, 1.54) is 22.8 Å². The van der Waals surface area contributed by atoms with E-state index in [-0.39, 0.29) is 0 Å². The second kappa shape index (κ2) is 6.58. The van der Waals surface area contributed by atoms with Crippen LogP contribution in [0.1, 0.15) is 38.3 Å². The highest BCUT2D eigenvalue weighted by atomic mass is 16.5. The second-order valence-electron chi connectivity index (χ2n) is 4.89. The minimum Gasteiger partial charge on any atom is -0.497 e. The first-order valence-electron chi connectivity index (χ1n) is 7.09. The van der Waals surface area contributed by atoms with Gasteiger partial charge in [0.05, 0.1) is 7.11 Å². The van der Waals surface area contributed by atoms with Crippen molar-refractivity contribution in [3.63, 3.8) is 0 Å². The van der Waals surface area contributed by atoms with Crippen LogP contribution in [0, 0.1) is 0 Å².